The molecule has 0 bridgehead atoms. The zero-order chi connectivity index (χ0) is 11.2. The van der Waals surface area contributed by atoms with E-state index < -0.39 is 5.41 Å². The number of benzene rings is 1. The Hall–Kier alpha value is -1.64. The summed E-state index contributed by atoms with van der Waals surface area (Å²) in [5, 5.41) is 2.68. The average Bonchev–Trinajstić information content (AvgIpc) is 2.59. The first kappa shape index (κ1) is 9.58. The van der Waals surface area contributed by atoms with Gasteiger partial charge in [-0.15, -0.1) is 0 Å². The van der Waals surface area contributed by atoms with Crippen molar-refractivity contribution in [3.63, 3.8) is 0 Å². The van der Waals surface area contributed by atoms with Crippen molar-refractivity contribution in [2.75, 3.05) is 6.54 Å². The highest BCUT2D eigenvalue weighted by Gasteiger charge is 2.52. The highest BCUT2D eigenvalue weighted by molar-refractivity contribution is 6.18. The number of nitrogens with one attached hydrogen (secondary N) is 1. The van der Waals surface area contributed by atoms with Gasteiger partial charge in [-0.25, -0.2) is 0 Å². The molecule has 1 aromatic rings. The fourth-order valence-corrected chi connectivity index (χ4v) is 2.95. The number of hydrogen-bond donors (Lipinski definition) is 1. The van der Waals surface area contributed by atoms with E-state index in [4.69, 9.17) is 0 Å². The number of rotatable bonds is 0. The number of aryl methyl sites for hydroxylation is 1. The molecule has 1 aliphatic heterocycles. The molecule has 3 nitrogen and oxygen atoms in total. The molecule has 2 aliphatic rings. The fourth-order valence-electron chi connectivity index (χ4n) is 2.95. The van der Waals surface area contributed by atoms with Gasteiger partial charge in [0.1, 0.15) is 5.41 Å². The van der Waals surface area contributed by atoms with Crippen LogP contribution in [-0.4, -0.2) is 18.2 Å². The van der Waals surface area contributed by atoms with Crippen molar-refractivity contribution in [3.05, 3.63) is 35.4 Å². The Labute approximate surface area is 93.8 Å². The lowest BCUT2D eigenvalue weighted by atomic mass is 9.68. The van der Waals surface area contributed by atoms with Gasteiger partial charge in [0.15, 0.2) is 5.78 Å². The maximum atomic E-state index is 12.0. The largest absolute Gasteiger partial charge is 0.348 e. The van der Waals surface area contributed by atoms with Crippen LogP contribution in [0.3, 0.4) is 0 Å². The molecule has 1 heterocycles. The third kappa shape index (κ3) is 1.03. The van der Waals surface area contributed by atoms with E-state index in [1.807, 2.05) is 24.3 Å². The van der Waals surface area contributed by atoms with Crippen LogP contribution in [0.2, 0.25) is 0 Å². The predicted molar refractivity (Wildman–Crippen MR) is 59.1 cm³/mol. The third-order valence-corrected chi connectivity index (χ3v) is 3.75. The van der Waals surface area contributed by atoms with Gasteiger partial charge in [-0.1, -0.05) is 24.3 Å². The zero-order valence-electron chi connectivity index (χ0n) is 8.95. The van der Waals surface area contributed by atoms with Crippen LogP contribution in [0.4, 0.5) is 0 Å². The number of Topliss-reactive ketones (excluding diaryl/α,β-unsaturated/α-hetero) is 1. The quantitative estimate of drug-likeness (QED) is 0.655. The van der Waals surface area contributed by atoms with Gasteiger partial charge >= 0.3 is 0 Å². The maximum Gasteiger partial charge on any atom is 0.238 e. The Bertz CT molecular complexity index is 463. The molecule has 0 radical (unpaired) electrons. The van der Waals surface area contributed by atoms with Gasteiger partial charge in [-0.2, -0.15) is 0 Å². The molecule has 1 spiro atoms. The number of carbonyl (C=O) groups excluding carboxylic acids is 2. The lowest BCUT2D eigenvalue weighted by Crippen LogP contribution is -2.43. The second-order valence-corrected chi connectivity index (χ2v) is 4.52. The van der Waals surface area contributed by atoms with Gasteiger partial charge in [-0.05, 0) is 30.4 Å². The second kappa shape index (κ2) is 3.17. The number of carbonyl (C=O) groups is 2. The van der Waals surface area contributed by atoms with Crippen molar-refractivity contribution < 1.29 is 9.59 Å². The molecule has 1 aromatic carbocycles. The van der Waals surface area contributed by atoms with E-state index in [2.05, 4.69) is 5.32 Å². The summed E-state index contributed by atoms with van der Waals surface area (Å²) in [5.41, 5.74) is 1.22. The lowest BCUT2D eigenvalue weighted by molar-refractivity contribution is -0.130. The van der Waals surface area contributed by atoms with Gasteiger partial charge in [0, 0.05) is 0 Å². The van der Waals surface area contributed by atoms with Crippen molar-refractivity contribution in [1.82, 2.24) is 5.32 Å². The molecule has 1 atom stereocenters. The summed E-state index contributed by atoms with van der Waals surface area (Å²) < 4.78 is 0. The van der Waals surface area contributed by atoms with E-state index in [0.717, 1.165) is 24.0 Å². The molecule has 0 saturated carbocycles. The van der Waals surface area contributed by atoms with Crippen LogP contribution in [0.15, 0.2) is 24.3 Å². The minimum atomic E-state index is -0.866. The predicted octanol–water partition coefficient (Wildman–Crippen LogP) is 0.960. The van der Waals surface area contributed by atoms with Crippen LogP contribution in [0.25, 0.3) is 0 Å². The molecule has 3 rings (SSSR count). The highest BCUT2D eigenvalue weighted by Crippen LogP contribution is 2.40. The van der Waals surface area contributed by atoms with Crippen molar-refractivity contribution >= 4 is 11.7 Å². The molecule has 1 fully saturated rings. The highest BCUT2D eigenvalue weighted by atomic mass is 16.2. The summed E-state index contributed by atoms with van der Waals surface area (Å²) in [5.74, 6) is -0.0747. The molecule has 0 aromatic heterocycles. The Morgan fingerprint density at radius 1 is 1.19 bits per heavy atom. The molecule has 1 N–H and O–H groups in total. The van der Waals surface area contributed by atoms with Crippen LogP contribution in [-0.2, 0) is 21.4 Å². The van der Waals surface area contributed by atoms with Crippen LogP contribution in [0, 0.1) is 0 Å². The molecular formula is C13H13NO2. The minimum Gasteiger partial charge on any atom is -0.348 e. The van der Waals surface area contributed by atoms with Crippen LogP contribution in [0.1, 0.15) is 24.0 Å². The summed E-state index contributed by atoms with van der Waals surface area (Å²) in [4.78, 5) is 24.0. The summed E-state index contributed by atoms with van der Waals surface area (Å²) in [6.07, 6.45) is 2.54. The van der Waals surface area contributed by atoms with Crippen molar-refractivity contribution in [3.8, 4) is 0 Å². The smallest absolute Gasteiger partial charge is 0.238 e. The second-order valence-electron chi connectivity index (χ2n) is 4.52. The Morgan fingerprint density at radius 2 is 2.00 bits per heavy atom. The third-order valence-electron chi connectivity index (χ3n) is 3.75. The van der Waals surface area contributed by atoms with E-state index in [1.54, 1.807) is 0 Å². The summed E-state index contributed by atoms with van der Waals surface area (Å²) in [7, 11) is 0. The normalized spacial score (nSPS) is 28.0. The summed E-state index contributed by atoms with van der Waals surface area (Å²) >= 11 is 0. The lowest BCUT2D eigenvalue weighted by Gasteiger charge is -2.31. The van der Waals surface area contributed by atoms with Gasteiger partial charge < -0.3 is 5.32 Å². The fraction of sp³-hybridized carbons (Fsp3) is 0.385. The van der Waals surface area contributed by atoms with Crippen molar-refractivity contribution in [1.29, 1.82) is 0 Å². The first-order valence-corrected chi connectivity index (χ1v) is 5.65. The number of ketones is 1. The number of fused-ring (bicyclic) bond motifs is 2. The topological polar surface area (TPSA) is 46.2 Å². The summed E-state index contributed by atoms with van der Waals surface area (Å²) in [6.45, 7) is 0.188. The standard InChI is InChI=1S/C13H13NO2/c15-11-8-14-12(16)13(11)7-3-5-9-4-1-2-6-10(9)13/h1-2,4,6H,3,5,7-8H2,(H,14,16). The SMILES string of the molecule is O=C1CNC(=O)C12CCCc1ccccc12. The van der Waals surface area contributed by atoms with Gasteiger partial charge in [0.25, 0.3) is 0 Å². The zero-order valence-corrected chi connectivity index (χ0v) is 8.95. The molecule has 1 unspecified atom stereocenters. The van der Waals surface area contributed by atoms with E-state index >= 15 is 0 Å². The summed E-state index contributed by atoms with van der Waals surface area (Å²) in [6, 6.07) is 7.83. The van der Waals surface area contributed by atoms with Crippen LogP contribution >= 0.6 is 0 Å². The molecule has 1 aliphatic carbocycles. The van der Waals surface area contributed by atoms with Crippen LogP contribution in [0.5, 0.6) is 0 Å². The van der Waals surface area contributed by atoms with E-state index in [1.165, 1.54) is 0 Å². The molecule has 3 heteroatoms. The Balaban J connectivity index is 2.24. The number of hydrogen-bond acceptors (Lipinski definition) is 2. The number of amides is 1. The monoisotopic (exact) mass is 215 g/mol. The molecular weight excluding hydrogens is 202 g/mol. The first-order chi connectivity index (χ1) is 7.75. The maximum absolute atomic E-state index is 12.0. The average molecular weight is 215 g/mol. The van der Waals surface area contributed by atoms with Gasteiger partial charge in [0.05, 0.1) is 6.54 Å². The Morgan fingerprint density at radius 3 is 2.75 bits per heavy atom. The van der Waals surface area contributed by atoms with E-state index in [-0.39, 0.29) is 18.2 Å². The Kier molecular flexibility index (Phi) is 1.90. The minimum absolute atomic E-state index is 0.0321. The molecule has 1 amide bonds. The first-order valence-electron chi connectivity index (χ1n) is 5.65. The van der Waals surface area contributed by atoms with Crippen molar-refractivity contribution in [2.45, 2.75) is 24.7 Å². The van der Waals surface area contributed by atoms with E-state index in [9.17, 15) is 9.59 Å². The van der Waals surface area contributed by atoms with Gasteiger partial charge in [0.2, 0.25) is 5.91 Å². The molecule has 82 valence electrons. The molecule has 1 saturated heterocycles. The van der Waals surface area contributed by atoms with Crippen LogP contribution < -0.4 is 5.32 Å². The van der Waals surface area contributed by atoms with Crippen molar-refractivity contribution in [2.24, 2.45) is 0 Å². The van der Waals surface area contributed by atoms with Gasteiger partial charge in [-0.3, -0.25) is 9.59 Å². The van der Waals surface area contributed by atoms with E-state index in [0.29, 0.717) is 6.42 Å². The molecule has 16 heavy (non-hydrogen) atoms.